The number of hydrogen-bond acceptors (Lipinski definition) is 2. The van der Waals surface area contributed by atoms with Crippen LogP contribution in [0.15, 0.2) is 6.07 Å². The third kappa shape index (κ3) is 3.35. The number of rotatable bonds is 7. The van der Waals surface area contributed by atoms with E-state index in [9.17, 15) is 0 Å². The van der Waals surface area contributed by atoms with E-state index in [4.69, 9.17) is 10.5 Å². The van der Waals surface area contributed by atoms with Gasteiger partial charge in [-0.3, -0.25) is 0 Å². The molecule has 0 saturated heterocycles. The van der Waals surface area contributed by atoms with Gasteiger partial charge in [-0.15, -0.1) is 0 Å². The highest BCUT2D eigenvalue weighted by molar-refractivity contribution is 5.53. The van der Waals surface area contributed by atoms with E-state index in [-0.39, 0.29) is 0 Å². The van der Waals surface area contributed by atoms with E-state index in [0.29, 0.717) is 12.5 Å². The van der Waals surface area contributed by atoms with Crippen LogP contribution in [-0.4, -0.2) is 13.2 Å². The minimum atomic E-state index is 0.695. The second kappa shape index (κ2) is 7.12. The minimum Gasteiger partial charge on any atom is -0.493 e. The van der Waals surface area contributed by atoms with Crippen molar-refractivity contribution in [3.05, 3.63) is 28.3 Å². The summed E-state index contributed by atoms with van der Waals surface area (Å²) < 4.78 is 5.91. The average molecular weight is 275 g/mol. The fourth-order valence-corrected chi connectivity index (χ4v) is 3.18. The molecule has 20 heavy (non-hydrogen) atoms. The van der Waals surface area contributed by atoms with Crippen molar-refractivity contribution in [1.29, 1.82) is 0 Å². The van der Waals surface area contributed by atoms with Crippen LogP contribution in [0, 0.1) is 5.92 Å². The van der Waals surface area contributed by atoms with Gasteiger partial charge in [0.2, 0.25) is 0 Å². The van der Waals surface area contributed by atoms with Gasteiger partial charge in [0.25, 0.3) is 0 Å². The predicted molar refractivity (Wildman–Crippen MR) is 85.6 cm³/mol. The molecule has 1 aliphatic heterocycles. The molecule has 2 nitrogen and oxygen atoms in total. The van der Waals surface area contributed by atoms with Gasteiger partial charge in [0.05, 0.1) is 6.61 Å². The summed E-state index contributed by atoms with van der Waals surface area (Å²) in [6.45, 7) is 8.42. The molecule has 1 heterocycles. The largest absolute Gasteiger partial charge is 0.493 e. The Balaban J connectivity index is 2.43. The monoisotopic (exact) mass is 275 g/mol. The van der Waals surface area contributed by atoms with Gasteiger partial charge in [-0.2, -0.15) is 0 Å². The highest BCUT2D eigenvalue weighted by atomic mass is 16.5. The number of nitrogens with two attached hydrogens (primary N) is 1. The molecule has 0 atom stereocenters. The zero-order valence-electron chi connectivity index (χ0n) is 13.3. The number of unbranched alkanes of at least 4 members (excludes halogenated alkanes) is 1. The molecule has 0 fully saturated rings. The summed E-state index contributed by atoms with van der Waals surface area (Å²) in [5, 5.41) is 0. The molecule has 2 N–H and O–H groups in total. The number of hydrogen-bond donors (Lipinski definition) is 1. The lowest BCUT2D eigenvalue weighted by Gasteiger charge is -2.18. The first-order chi connectivity index (χ1) is 9.67. The van der Waals surface area contributed by atoms with Crippen molar-refractivity contribution in [1.82, 2.24) is 0 Å². The molecular weight excluding hydrogens is 246 g/mol. The van der Waals surface area contributed by atoms with E-state index in [1.807, 2.05) is 0 Å². The molecule has 0 aliphatic carbocycles. The third-order valence-electron chi connectivity index (χ3n) is 4.09. The molecule has 1 aromatic rings. The van der Waals surface area contributed by atoms with E-state index in [1.165, 1.54) is 36.8 Å². The van der Waals surface area contributed by atoms with Crippen LogP contribution in [-0.2, 0) is 25.7 Å². The van der Waals surface area contributed by atoms with Gasteiger partial charge < -0.3 is 10.5 Å². The van der Waals surface area contributed by atoms with Crippen LogP contribution >= 0.6 is 0 Å². The second-order valence-corrected chi connectivity index (χ2v) is 6.32. The summed E-state index contributed by atoms with van der Waals surface area (Å²) >= 11 is 0. The third-order valence-corrected chi connectivity index (χ3v) is 4.09. The zero-order chi connectivity index (χ0) is 14.5. The topological polar surface area (TPSA) is 35.2 Å². The zero-order valence-corrected chi connectivity index (χ0v) is 13.3. The molecule has 0 aromatic heterocycles. The summed E-state index contributed by atoms with van der Waals surface area (Å²) in [6, 6.07) is 2.38. The molecule has 0 saturated carbocycles. The quantitative estimate of drug-likeness (QED) is 0.824. The van der Waals surface area contributed by atoms with E-state index in [0.717, 1.165) is 25.2 Å². The van der Waals surface area contributed by atoms with E-state index >= 15 is 0 Å². The number of ether oxygens (including phenoxy) is 1. The lowest BCUT2D eigenvalue weighted by atomic mass is 9.87. The van der Waals surface area contributed by atoms with Crippen molar-refractivity contribution < 1.29 is 4.74 Å². The van der Waals surface area contributed by atoms with Crippen LogP contribution in [0.4, 0.5) is 0 Å². The maximum Gasteiger partial charge on any atom is 0.126 e. The van der Waals surface area contributed by atoms with E-state index < -0.39 is 0 Å². The van der Waals surface area contributed by atoms with Crippen molar-refractivity contribution in [3.63, 3.8) is 0 Å². The summed E-state index contributed by atoms with van der Waals surface area (Å²) in [5.41, 5.74) is 11.7. The van der Waals surface area contributed by atoms with Crippen LogP contribution in [0.2, 0.25) is 0 Å². The average Bonchev–Trinajstić information content (AvgIpc) is 2.89. The van der Waals surface area contributed by atoms with Crippen molar-refractivity contribution >= 4 is 0 Å². The predicted octanol–water partition coefficient (Wildman–Crippen LogP) is 3.66. The molecule has 0 radical (unpaired) electrons. The molecule has 0 amide bonds. The Morgan fingerprint density at radius 3 is 2.70 bits per heavy atom. The van der Waals surface area contributed by atoms with E-state index in [2.05, 4.69) is 26.8 Å². The molecule has 0 bridgehead atoms. The van der Waals surface area contributed by atoms with Crippen LogP contribution in [0.3, 0.4) is 0 Å². The van der Waals surface area contributed by atoms with E-state index in [1.54, 1.807) is 11.1 Å². The molecular formula is C18H29NO. The van der Waals surface area contributed by atoms with Gasteiger partial charge in [0.1, 0.15) is 5.75 Å². The molecule has 112 valence electrons. The summed E-state index contributed by atoms with van der Waals surface area (Å²) in [4.78, 5) is 0. The smallest absolute Gasteiger partial charge is 0.126 e. The summed E-state index contributed by atoms with van der Waals surface area (Å²) in [5.74, 6) is 1.85. The second-order valence-electron chi connectivity index (χ2n) is 6.32. The lowest BCUT2D eigenvalue weighted by molar-refractivity contribution is 0.353. The van der Waals surface area contributed by atoms with Crippen molar-refractivity contribution in [2.24, 2.45) is 11.7 Å². The maximum absolute atomic E-state index is 5.91. The van der Waals surface area contributed by atoms with Gasteiger partial charge in [0.15, 0.2) is 0 Å². The van der Waals surface area contributed by atoms with Gasteiger partial charge in [-0.1, -0.05) is 33.3 Å². The van der Waals surface area contributed by atoms with Crippen LogP contribution in [0.5, 0.6) is 5.75 Å². The number of fused-ring (bicyclic) bond motifs is 1. The Hall–Kier alpha value is -1.02. The summed E-state index contributed by atoms with van der Waals surface area (Å²) in [6.07, 6.45) is 6.91. The first kappa shape index (κ1) is 15.4. The molecule has 0 unspecified atom stereocenters. The van der Waals surface area contributed by atoms with Crippen LogP contribution in [0.25, 0.3) is 0 Å². The Labute approximate surface area is 123 Å². The van der Waals surface area contributed by atoms with Gasteiger partial charge in [0, 0.05) is 12.0 Å². The van der Waals surface area contributed by atoms with Gasteiger partial charge >= 0.3 is 0 Å². The lowest BCUT2D eigenvalue weighted by Crippen LogP contribution is -2.08. The fraction of sp³-hybridized carbons (Fsp3) is 0.667. The number of aryl methyl sites for hydroxylation is 1. The Bertz CT molecular complexity index is 451. The van der Waals surface area contributed by atoms with Gasteiger partial charge in [-0.25, -0.2) is 0 Å². The Morgan fingerprint density at radius 1 is 1.25 bits per heavy atom. The molecule has 2 rings (SSSR count). The molecule has 2 heteroatoms. The van der Waals surface area contributed by atoms with Crippen molar-refractivity contribution in [3.8, 4) is 5.75 Å². The first-order valence-electron chi connectivity index (χ1n) is 8.16. The Morgan fingerprint density at radius 2 is 2.05 bits per heavy atom. The maximum atomic E-state index is 5.91. The number of benzene rings is 1. The molecule has 0 spiro atoms. The first-order valence-corrected chi connectivity index (χ1v) is 8.16. The SMILES string of the molecule is CCCCc1cc(CCN)c2c(c1CC(C)C)CCO2. The van der Waals surface area contributed by atoms with Gasteiger partial charge in [-0.05, 0) is 54.8 Å². The highest BCUT2D eigenvalue weighted by Gasteiger charge is 2.23. The minimum absolute atomic E-state index is 0.695. The fourth-order valence-electron chi connectivity index (χ4n) is 3.18. The van der Waals surface area contributed by atoms with Crippen molar-refractivity contribution in [2.75, 3.05) is 13.2 Å². The normalized spacial score (nSPS) is 13.7. The molecule has 1 aliphatic rings. The highest BCUT2D eigenvalue weighted by Crippen LogP contribution is 2.36. The van der Waals surface area contributed by atoms with Crippen LogP contribution < -0.4 is 10.5 Å². The summed E-state index contributed by atoms with van der Waals surface area (Å²) in [7, 11) is 0. The molecule has 1 aromatic carbocycles. The van der Waals surface area contributed by atoms with Crippen molar-refractivity contribution in [2.45, 2.75) is 59.3 Å². The standard InChI is InChI=1S/C18H29NO/c1-4-5-6-14-12-15(7-9-19)18-16(8-10-20-18)17(14)11-13(2)3/h12-13H,4-11,19H2,1-3H3. The Kier molecular flexibility index (Phi) is 5.47. The van der Waals surface area contributed by atoms with Crippen LogP contribution in [0.1, 0.15) is 55.9 Å².